The van der Waals surface area contributed by atoms with Gasteiger partial charge in [-0.1, -0.05) is 6.07 Å². The van der Waals surface area contributed by atoms with Gasteiger partial charge in [0.1, 0.15) is 0 Å². The number of rotatable bonds is 7. The van der Waals surface area contributed by atoms with Gasteiger partial charge in [-0.3, -0.25) is 19.6 Å². The molecule has 0 aliphatic heterocycles. The van der Waals surface area contributed by atoms with Crippen LogP contribution < -0.4 is 4.72 Å². The van der Waals surface area contributed by atoms with E-state index in [-0.39, 0.29) is 10.6 Å². The number of nitrogens with zero attached hydrogens (tertiary/aromatic N) is 1. The van der Waals surface area contributed by atoms with E-state index in [4.69, 9.17) is 5.11 Å². The van der Waals surface area contributed by atoms with Gasteiger partial charge in [-0.2, -0.15) is 13.2 Å². The van der Waals surface area contributed by atoms with Crippen molar-refractivity contribution in [3.63, 3.8) is 0 Å². The van der Waals surface area contributed by atoms with Crippen LogP contribution in [0.5, 0.6) is 0 Å². The summed E-state index contributed by atoms with van der Waals surface area (Å²) in [7, 11) is -4.43. The lowest BCUT2D eigenvalue weighted by molar-refractivity contribution is -0.388. The van der Waals surface area contributed by atoms with Gasteiger partial charge in [0.05, 0.1) is 26.0 Å². The van der Waals surface area contributed by atoms with E-state index in [1.165, 1.54) is 0 Å². The molecule has 13 heteroatoms. The van der Waals surface area contributed by atoms with Gasteiger partial charge in [-0.15, -0.1) is 11.8 Å². The van der Waals surface area contributed by atoms with E-state index >= 15 is 0 Å². The van der Waals surface area contributed by atoms with Crippen LogP contribution in [0.25, 0.3) is 0 Å². The Labute approximate surface area is 160 Å². The number of nitro benzene ring substituents is 1. The zero-order valence-electron chi connectivity index (χ0n) is 13.6. The van der Waals surface area contributed by atoms with Crippen molar-refractivity contribution in [2.45, 2.75) is 16.0 Å². The summed E-state index contributed by atoms with van der Waals surface area (Å²) in [6.45, 7) is 0. The van der Waals surface area contributed by atoms with E-state index in [0.717, 1.165) is 30.3 Å². The SMILES string of the molecule is O=C(O)CSc1ccc(S(=O)(=O)Nc2cccc(C(F)(F)F)c2)cc1[N+](=O)[O-]. The molecule has 0 heterocycles. The summed E-state index contributed by atoms with van der Waals surface area (Å²) >= 11 is 0.630. The van der Waals surface area contributed by atoms with E-state index in [1.807, 2.05) is 4.72 Å². The molecule has 0 bridgehead atoms. The molecule has 8 nitrogen and oxygen atoms in total. The molecule has 0 aliphatic carbocycles. The van der Waals surface area contributed by atoms with Crippen LogP contribution >= 0.6 is 11.8 Å². The summed E-state index contributed by atoms with van der Waals surface area (Å²) in [5.41, 5.74) is -2.08. The smallest absolute Gasteiger partial charge is 0.416 e. The number of anilines is 1. The van der Waals surface area contributed by atoms with Crippen molar-refractivity contribution in [3.8, 4) is 0 Å². The lowest BCUT2D eigenvalue weighted by atomic mass is 10.2. The topological polar surface area (TPSA) is 127 Å². The highest BCUT2D eigenvalue weighted by Gasteiger charge is 2.31. The fraction of sp³-hybridized carbons (Fsp3) is 0.133. The van der Waals surface area contributed by atoms with Crippen LogP contribution in [0.4, 0.5) is 24.5 Å². The molecule has 0 radical (unpaired) electrons. The Morgan fingerprint density at radius 1 is 1.21 bits per heavy atom. The van der Waals surface area contributed by atoms with Gasteiger partial charge in [-0.25, -0.2) is 8.42 Å². The molecule has 0 amide bonds. The number of hydrogen-bond donors (Lipinski definition) is 2. The summed E-state index contributed by atoms with van der Waals surface area (Å²) in [6, 6.07) is 6.22. The lowest BCUT2D eigenvalue weighted by Gasteiger charge is -2.11. The Morgan fingerprint density at radius 2 is 1.89 bits per heavy atom. The Hall–Kier alpha value is -2.80. The zero-order chi connectivity index (χ0) is 21.1. The summed E-state index contributed by atoms with van der Waals surface area (Å²) in [6.07, 6.45) is -4.68. The minimum atomic E-state index is -4.68. The van der Waals surface area contributed by atoms with Gasteiger partial charge in [0, 0.05) is 11.8 Å². The fourth-order valence-corrected chi connectivity index (χ4v) is 3.84. The minimum absolute atomic E-state index is 0.0644. The first-order valence-corrected chi connectivity index (χ1v) is 9.70. The predicted molar refractivity (Wildman–Crippen MR) is 93.7 cm³/mol. The molecule has 2 aromatic carbocycles. The second-order valence-electron chi connectivity index (χ2n) is 5.25. The zero-order valence-corrected chi connectivity index (χ0v) is 15.3. The molecule has 0 saturated heterocycles. The monoisotopic (exact) mass is 436 g/mol. The van der Waals surface area contributed by atoms with E-state index in [1.54, 1.807) is 0 Å². The minimum Gasteiger partial charge on any atom is -0.481 e. The van der Waals surface area contributed by atoms with Crippen LogP contribution in [0.3, 0.4) is 0 Å². The number of thioether (sulfide) groups is 1. The first-order valence-electron chi connectivity index (χ1n) is 7.23. The summed E-state index contributed by atoms with van der Waals surface area (Å²) in [5, 5.41) is 19.8. The molecule has 0 aliphatic rings. The average Bonchev–Trinajstić information content (AvgIpc) is 2.58. The Balaban J connectivity index is 2.36. The molecule has 0 unspecified atom stereocenters. The van der Waals surface area contributed by atoms with E-state index in [9.17, 15) is 36.5 Å². The van der Waals surface area contributed by atoms with Crippen molar-refractivity contribution in [2.24, 2.45) is 0 Å². The van der Waals surface area contributed by atoms with Crippen molar-refractivity contribution < 1.29 is 36.4 Å². The number of hydrogen-bond acceptors (Lipinski definition) is 6. The maximum absolute atomic E-state index is 12.7. The van der Waals surface area contributed by atoms with Gasteiger partial charge >= 0.3 is 12.1 Å². The highest BCUT2D eigenvalue weighted by molar-refractivity contribution is 8.00. The number of carboxylic acid groups (broad SMARTS) is 1. The quantitative estimate of drug-likeness (QED) is 0.386. The van der Waals surface area contributed by atoms with Gasteiger partial charge in [0.2, 0.25) is 0 Å². The largest absolute Gasteiger partial charge is 0.481 e. The number of alkyl halides is 3. The number of nitrogens with one attached hydrogen (secondary N) is 1. The first kappa shape index (κ1) is 21.5. The first-order chi connectivity index (χ1) is 12.9. The second-order valence-corrected chi connectivity index (χ2v) is 7.95. The van der Waals surface area contributed by atoms with Gasteiger partial charge in [0.15, 0.2) is 0 Å². The number of carbonyl (C=O) groups is 1. The molecular formula is C15H11F3N2O6S2. The Kier molecular flexibility index (Phi) is 6.19. The maximum atomic E-state index is 12.7. The van der Waals surface area contributed by atoms with E-state index in [2.05, 4.69) is 0 Å². The molecule has 150 valence electrons. The van der Waals surface area contributed by atoms with Crippen molar-refractivity contribution in [2.75, 3.05) is 10.5 Å². The van der Waals surface area contributed by atoms with Crippen molar-refractivity contribution in [1.82, 2.24) is 0 Å². The van der Waals surface area contributed by atoms with E-state index < -0.39 is 49.0 Å². The van der Waals surface area contributed by atoms with Gasteiger partial charge < -0.3 is 5.11 Å². The number of nitro groups is 1. The van der Waals surface area contributed by atoms with Crippen molar-refractivity contribution in [3.05, 3.63) is 58.1 Å². The van der Waals surface area contributed by atoms with Crippen LogP contribution in [-0.4, -0.2) is 30.2 Å². The Bertz CT molecular complexity index is 1020. The summed E-state index contributed by atoms with van der Waals surface area (Å²) < 4.78 is 65.0. The molecule has 2 rings (SSSR count). The predicted octanol–water partition coefficient (Wildman–Crippen LogP) is 3.59. The number of aliphatic carboxylic acids is 1. The molecule has 28 heavy (non-hydrogen) atoms. The summed E-state index contributed by atoms with van der Waals surface area (Å²) in [5.74, 6) is -1.70. The third-order valence-electron chi connectivity index (χ3n) is 3.23. The van der Waals surface area contributed by atoms with Crippen LogP contribution in [0.15, 0.2) is 52.3 Å². The van der Waals surface area contributed by atoms with Crippen LogP contribution in [-0.2, 0) is 21.0 Å². The second kappa shape index (κ2) is 8.06. The number of halogens is 3. The molecule has 0 atom stereocenters. The average molecular weight is 436 g/mol. The normalized spacial score (nSPS) is 11.8. The maximum Gasteiger partial charge on any atom is 0.416 e. The number of benzene rings is 2. The van der Waals surface area contributed by atoms with Crippen molar-refractivity contribution in [1.29, 1.82) is 0 Å². The fourth-order valence-electron chi connectivity index (χ4n) is 2.04. The van der Waals surface area contributed by atoms with Crippen molar-refractivity contribution >= 4 is 39.1 Å². The molecular weight excluding hydrogens is 425 g/mol. The molecule has 2 aromatic rings. The Morgan fingerprint density at radius 3 is 2.46 bits per heavy atom. The third kappa shape index (κ3) is 5.36. The van der Waals surface area contributed by atoms with Gasteiger partial charge in [-0.05, 0) is 30.3 Å². The number of sulfonamides is 1. The van der Waals surface area contributed by atoms with Gasteiger partial charge in [0.25, 0.3) is 15.7 Å². The molecule has 0 spiro atoms. The summed E-state index contributed by atoms with van der Waals surface area (Å²) in [4.78, 5) is 20.3. The van der Waals surface area contributed by atoms with Crippen LogP contribution in [0.2, 0.25) is 0 Å². The molecule has 2 N–H and O–H groups in total. The lowest BCUT2D eigenvalue weighted by Crippen LogP contribution is -2.14. The highest BCUT2D eigenvalue weighted by Crippen LogP contribution is 2.33. The highest BCUT2D eigenvalue weighted by atomic mass is 32.2. The van der Waals surface area contributed by atoms with Crippen LogP contribution in [0, 0.1) is 10.1 Å². The third-order valence-corrected chi connectivity index (χ3v) is 5.66. The number of carboxylic acids is 1. The molecule has 0 aromatic heterocycles. The molecule has 0 saturated carbocycles. The van der Waals surface area contributed by atoms with Crippen LogP contribution in [0.1, 0.15) is 5.56 Å². The van der Waals surface area contributed by atoms with E-state index in [0.29, 0.717) is 23.9 Å². The molecule has 0 fully saturated rings. The standard InChI is InChI=1S/C15H11F3N2O6S2/c16-15(17,18)9-2-1-3-10(6-9)19-28(25,26)11-4-5-13(27-8-14(21)22)12(7-11)20(23)24/h1-7,19H,8H2,(H,21,22).